The van der Waals surface area contributed by atoms with Crippen LogP contribution in [0.5, 0.6) is 0 Å². The van der Waals surface area contributed by atoms with E-state index in [1.54, 1.807) is 6.07 Å². The lowest BCUT2D eigenvalue weighted by Crippen LogP contribution is -2.45. The van der Waals surface area contributed by atoms with E-state index in [0.717, 1.165) is 19.4 Å². The number of benzene rings is 1. The molecule has 3 N–H and O–H groups in total. The van der Waals surface area contributed by atoms with Gasteiger partial charge in [-0.25, -0.2) is 4.79 Å². The van der Waals surface area contributed by atoms with Gasteiger partial charge in [0.1, 0.15) is 0 Å². The van der Waals surface area contributed by atoms with E-state index in [2.05, 4.69) is 17.6 Å². The zero-order valence-corrected chi connectivity index (χ0v) is 11.9. The van der Waals surface area contributed by atoms with Crippen molar-refractivity contribution in [2.45, 2.75) is 25.8 Å². The minimum absolute atomic E-state index is 0.0223. The summed E-state index contributed by atoms with van der Waals surface area (Å²) in [6.07, 6.45) is 1.87. The van der Waals surface area contributed by atoms with Gasteiger partial charge < -0.3 is 15.7 Å². The van der Waals surface area contributed by atoms with Crippen molar-refractivity contribution in [3.8, 4) is 0 Å². The molecule has 0 bridgehead atoms. The van der Waals surface area contributed by atoms with E-state index < -0.39 is 5.97 Å². The Hall–Kier alpha value is -1.59. The van der Waals surface area contributed by atoms with Gasteiger partial charge in [0.2, 0.25) is 5.91 Å². The number of nitrogens with one attached hydrogen (secondary N) is 2. The Morgan fingerprint density at radius 2 is 2.20 bits per heavy atom. The van der Waals surface area contributed by atoms with Crippen molar-refractivity contribution in [2.75, 3.05) is 11.9 Å². The van der Waals surface area contributed by atoms with Crippen molar-refractivity contribution in [3.05, 3.63) is 28.8 Å². The van der Waals surface area contributed by atoms with Crippen LogP contribution in [0.3, 0.4) is 0 Å². The topological polar surface area (TPSA) is 78.4 Å². The molecule has 1 fully saturated rings. The lowest BCUT2D eigenvalue weighted by atomic mass is 9.94. The Bertz CT molecular complexity index is 533. The highest BCUT2D eigenvalue weighted by Gasteiger charge is 2.24. The molecule has 6 heteroatoms. The maximum atomic E-state index is 12.1. The van der Waals surface area contributed by atoms with Crippen LogP contribution in [0.1, 0.15) is 30.1 Å². The molecule has 0 aliphatic carbocycles. The summed E-state index contributed by atoms with van der Waals surface area (Å²) in [6.45, 7) is 2.96. The van der Waals surface area contributed by atoms with E-state index in [-0.39, 0.29) is 22.5 Å². The van der Waals surface area contributed by atoms with E-state index in [0.29, 0.717) is 11.6 Å². The molecule has 2 rings (SSSR count). The number of rotatable bonds is 3. The number of carbonyl (C=O) groups is 2. The molecule has 1 heterocycles. The summed E-state index contributed by atoms with van der Waals surface area (Å²) >= 11 is 5.87. The van der Waals surface area contributed by atoms with Crippen molar-refractivity contribution >= 4 is 29.2 Å². The smallest absolute Gasteiger partial charge is 0.337 e. The van der Waals surface area contributed by atoms with Gasteiger partial charge in [0.25, 0.3) is 0 Å². The molecule has 1 aromatic carbocycles. The van der Waals surface area contributed by atoms with Crippen LogP contribution in [-0.2, 0) is 4.79 Å². The first-order valence-corrected chi connectivity index (χ1v) is 6.92. The Morgan fingerprint density at radius 1 is 1.45 bits per heavy atom. The molecule has 0 aromatic heterocycles. The van der Waals surface area contributed by atoms with Gasteiger partial charge in [0.05, 0.1) is 16.6 Å². The van der Waals surface area contributed by atoms with Crippen molar-refractivity contribution < 1.29 is 14.7 Å². The lowest BCUT2D eigenvalue weighted by molar-refractivity contribution is -0.119. The molecule has 0 radical (unpaired) electrons. The summed E-state index contributed by atoms with van der Waals surface area (Å²) in [5.74, 6) is -0.684. The maximum Gasteiger partial charge on any atom is 0.337 e. The van der Waals surface area contributed by atoms with E-state index in [1.165, 1.54) is 12.1 Å². The summed E-state index contributed by atoms with van der Waals surface area (Å²) in [6, 6.07) is 4.17. The molecule has 1 saturated heterocycles. The minimum atomic E-state index is -1.09. The summed E-state index contributed by atoms with van der Waals surface area (Å²) in [4.78, 5) is 23.0. The third kappa shape index (κ3) is 3.49. The zero-order chi connectivity index (χ0) is 14.7. The fraction of sp³-hybridized carbons (Fsp3) is 0.429. The number of hydrogen-bond acceptors (Lipinski definition) is 3. The summed E-state index contributed by atoms with van der Waals surface area (Å²) in [5, 5.41) is 14.9. The Balaban J connectivity index is 2.04. The summed E-state index contributed by atoms with van der Waals surface area (Å²) in [5.41, 5.74) is 0.527. The fourth-order valence-electron chi connectivity index (χ4n) is 2.30. The highest BCUT2D eigenvalue weighted by atomic mass is 35.5. The number of carboxylic acids is 1. The van der Waals surface area contributed by atoms with Crippen LogP contribution in [0.2, 0.25) is 5.02 Å². The first-order valence-electron chi connectivity index (χ1n) is 6.54. The highest BCUT2D eigenvalue weighted by Crippen LogP contribution is 2.22. The molecule has 1 aliphatic heterocycles. The van der Waals surface area contributed by atoms with Gasteiger partial charge in [0, 0.05) is 5.69 Å². The molecule has 1 aromatic rings. The van der Waals surface area contributed by atoms with Gasteiger partial charge in [-0.2, -0.15) is 0 Å². The zero-order valence-electron chi connectivity index (χ0n) is 11.1. The molecule has 0 saturated carbocycles. The van der Waals surface area contributed by atoms with Gasteiger partial charge in [-0.05, 0) is 43.5 Å². The Kier molecular flexibility index (Phi) is 4.62. The monoisotopic (exact) mass is 296 g/mol. The third-order valence-electron chi connectivity index (χ3n) is 3.45. The second-order valence-electron chi connectivity index (χ2n) is 5.13. The average Bonchev–Trinajstić information content (AvgIpc) is 2.38. The van der Waals surface area contributed by atoms with Crippen LogP contribution in [-0.4, -0.2) is 29.6 Å². The predicted molar refractivity (Wildman–Crippen MR) is 77.2 cm³/mol. The molecule has 2 unspecified atom stereocenters. The number of anilines is 1. The van der Waals surface area contributed by atoms with Crippen molar-refractivity contribution in [3.63, 3.8) is 0 Å². The molecule has 1 amide bonds. The number of amides is 1. The van der Waals surface area contributed by atoms with Crippen molar-refractivity contribution in [2.24, 2.45) is 5.92 Å². The molecule has 2 atom stereocenters. The minimum Gasteiger partial charge on any atom is -0.478 e. The number of carboxylic acid groups (broad SMARTS) is 1. The SMILES string of the molecule is CC1CCNC(C(=O)Nc2ccc(C(=O)O)c(Cl)c2)C1. The maximum absolute atomic E-state index is 12.1. The third-order valence-corrected chi connectivity index (χ3v) is 3.76. The van der Waals surface area contributed by atoms with Crippen LogP contribution in [0.4, 0.5) is 5.69 Å². The van der Waals surface area contributed by atoms with Crippen LogP contribution in [0, 0.1) is 5.92 Å². The van der Waals surface area contributed by atoms with E-state index in [9.17, 15) is 9.59 Å². The molecular formula is C14H17ClN2O3. The van der Waals surface area contributed by atoms with Crippen LogP contribution >= 0.6 is 11.6 Å². The molecule has 5 nitrogen and oxygen atoms in total. The standard InChI is InChI=1S/C14H17ClN2O3/c1-8-4-5-16-12(6-8)13(18)17-9-2-3-10(14(19)20)11(15)7-9/h2-3,7-8,12,16H,4-6H2,1H3,(H,17,18)(H,19,20). The fourth-order valence-corrected chi connectivity index (χ4v) is 2.56. The van der Waals surface area contributed by atoms with Crippen LogP contribution in [0.25, 0.3) is 0 Å². The number of halogens is 1. The Morgan fingerprint density at radius 3 is 2.80 bits per heavy atom. The van der Waals surface area contributed by atoms with E-state index in [1.807, 2.05) is 0 Å². The first kappa shape index (κ1) is 14.8. The van der Waals surface area contributed by atoms with Gasteiger partial charge in [-0.1, -0.05) is 18.5 Å². The average molecular weight is 297 g/mol. The van der Waals surface area contributed by atoms with E-state index in [4.69, 9.17) is 16.7 Å². The Labute approximate surface area is 122 Å². The second kappa shape index (κ2) is 6.24. The molecule has 0 spiro atoms. The van der Waals surface area contributed by atoms with Crippen molar-refractivity contribution in [1.82, 2.24) is 5.32 Å². The van der Waals surface area contributed by atoms with Gasteiger partial charge >= 0.3 is 5.97 Å². The molecule has 20 heavy (non-hydrogen) atoms. The number of piperidine rings is 1. The van der Waals surface area contributed by atoms with Crippen LogP contribution < -0.4 is 10.6 Å². The summed E-state index contributed by atoms with van der Waals surface area (Å²) < 4.78 is 0. The molecular weight excluding hydrogens is 280 g/mol. The van der Waals surface area contributed by atoms with Gasteiger partial charge in [-0.15, -0.1) is 0 Å². The van der Waals surface area contributed by atoms with E-state index >= 15 is 0 Å². The highest BCUT2D eigenvalue weighted by molar-refractivity contribution is 6.33. The largest absolute Gasteiger partial charge is 0.478 e. The first-order chi connectivity index (χ1) is 9.47. The van der Waals surface area contributed by atoms with Gasteiger partial charge in [0.15, 0.2) is 0 Å². The van der Waals surface area contributed by atoms with Crippen LogP contribution in [0.15, 0.2) is 18.2 Å². The quantitative estimate of drug-likeness (QED) is 0.800. The predicted octanol–water partition coefficient (Wildman–Crippen LogP) is 2.36. The second-order valence-corrected chi connectivity index (χ2v) is 5.53. The molecule has 108 valence electrons. The molecule has 1 aliphatic rings. The lowest BCUT2D eigenvalue weighted by Gasteiger charge is -2.27. The normalized spacial score (nSPS) is 22.3. The van der Waals surface area contributed by atoms with Gasteiger partial charge in [-0.3, -0.25) is 4.79 Å². The number of hydrogen-bond donors (Lipinski definition) is 3. The number of carbonyl (C=O) groups excluding carboxylic acids is 1. The van der Waals surface area contributed by atoms with Crippen molar-refractivity contribution in [1.29, 1.82) is 0 Å². The number of aromatic carboxylic acids is 1. The summed E-state index contributed by atoms with van der Waals surface area (Å²) in [7, 11) is 0.